The van der Waals surface area contributed by atoms with Gasteiger partial charge >= 0.3 is 5.97 Å². The molecule has 1 atom stereocenters. The topological polar surface area (TPSA) is 29.5 Å². The minimum Gasteiger partial charge on any atom is -0.469 e. The highest BCUT2D eigenvalue weighted by molar-refractivity contribution is 5.72. The molecule has 0 radical (unpaired) electrons. The molecular formula is C9H17NO2. The van der Waals surface area contributed by atoms with Gasteiger partial charge in [0, 0.05) is 6.54 Å². The van der Waals surface area contributed by atoms with Crippen LogP contribution in [-0.4, -0.2) is 38.1 Å². The van der Waals surface area contributed by atoms with Crippen LogP contribution in [0, 0.1) is 5.92 Å². The molecule has 0 bridgehead atoms. The Kier molecular flexibility index (Phi) is 3.53. The Morgan fingerprint density at radius 1 is 1.50 bits per heavy atom. The highest BCUT2D eigenvalue weighted by atomic mass is 16.5. The first-order valence-corrected chi connectivity index (χ1v) is 4.50. The smallest absolute Gasteiger partial charge is 0.309 e. The van der Waals surface area contributed by atoms with Gasteiger partial charge in [-0.15, -0.1) is 0 Å². The lowest BCUT2D eigenvalue weighted by Gasteiger charge is -2.17. The van der Waals surface area contributed by atoms with E-state index in [1.807, 2.05) is 0 Å². The Bertz CT molecular complexity index is 159. The minimum absolute atomic E-state index is 0.0521. The maximum atomic E-state index is 11.2. The van der Waals surface area contributed by atoms with Crippen LogP contribution in [-0.2, 0) is 9.53 Å². The number of nitrogens with zero attached hydrogens (tertiary/aromatic N) is 1. The van der Waals surface area contributed by atoms with Crippen LogP contribution >= 0.6 is 0 Å². The van der Waals surface area contributed by atoms with E-state index in [1.54, 1.807) is 0 Å². The van der Waals surface area contributed by atoms with E-state index in [2.05, 4.69) is 11.9 Å². The van der Waals surface area contributed by atoms with E-state index < -0.39 is 0 Å². The zero-order valence-corrected chi connectivity index (χ0v) is 7.88. The van der Waals surface area contributed by atoms with Crippen molar-refractivity contribution in [1.82, 2.24) is 4.90 Å². The Balaban J connectivity index is 2.46. The average Bonchev–Trinajstić information content (AvgIpc) is 2.28. The van der Waals surface area contributed by atoms with Crippen molar-refractivity contribution < 1.29 is 9.53 Å². The van der Waals surface area contributed by atoms with Crippen LogP contribution in [0.15, 0.2) is 0 Å². The quantitative estimate of drug-likeness (QED) is 0.549. The fraction of sp³-hybridized carbons (Fsp3) is 0.889. The summed E-state index contributed by atoms with van der Waals surface area (Å²) in [6.45, 7) is 1.96. The summed E-state index contributed by atoms with van der Waals surface area (Å²) in [5.74, 6) is 0.0475. The second-order valence-electron chi connectivity index (χ2n) is 3.48. The maximum Gasteiger partial charge on any atom is 0.309 e. The standard InChI is InChI=1S/C9H17NO2/c1-10-6-4-3-5-8(7-10)9(11)12-2/h8H,3-7H2,1-2H3. The van der Waals surface area contributed by atoms with E-state index in [0.29, 0.717) is 0 Å². The maximum absolute atomic E-state index is 11.2. The fourth-order valence-corrected chi connectivity index (χ4v) is 1.69. The number of esters is 1. The van der Waals surface area contributed by atoms with Crippen molar-refractivity contribution in [3.8, 4) is 0 Å². The van der Waals surface area contributed by atoms with Crippen molar-refractivity contribution in [2.45, 2.75) is 19.3 Å². The monoisotopic (exact) mass is 171 g/mol. The van der Waals surface area contributed by atoms with E-state index >= 15 is 0 Å². The van der Waals surface area contributed by atoms with Crippen LogP contribution < -0.4 is 0 Å². The molecule has 12 heavy (non-hydrogen) atoms. The second-order valence-corrected chi connectivity index (χ2v) is 3.48. The van der Waals surface area contributed by atoms with Crippen molar-refractivity contribution >= 4 is 5.97 Å². The van der Waals surface area contributed by atoms with Crippen molar-refractivity contribution in [1.29, 1.82) is 0 Å². The summed E-state index contributed by atoms with van der Waals surface area (Å²) >= 11 is 0. The minimum atomic E-state index is -0.0521. The lowest BCUT2D eigenvalue weighted by molar-refractivity contribution is -0.146. The summed E-state index contributed by atoms with van der Waals surface area (Å²) in [7, 11) is 3.52. The number of carbonyl (C=O) groups is 1. The molecule has 3 heteroatoms. The van der Waals surface area contributed by atoms with E-state index in [4.69, 9.17) is 4.74 Å². The van der Waals surface area contributed by atoms with Gasteiger partial charge in [-0.3, -0.25) is 4.79 Å². The average molecular weight is 171 g/mol. The molecule has 1 saturated heterocycles. The summed E-state index contributed by atoms with van der Waals surface area (Å²) in [5.41, 5.74) is 0. The molecule has 1 unspecified atom stereocenters. The van der Waals surface area contributed by atoms with Gasteiger partial charge in [0.05, 0.1) is 13.0 Å². The van der Waals surface area contributed by atoms with Gasteiger partial charge in [-0.25, -0.2) is 0 Å². The summed E-state index contributed by atoms with van der Waals surface area (Å²) in [4.78, 5) is 13.4. The number of likely N-dealkylation sites (tertiary alicyclic amines) is 1. The Morgan fingerprint density at radius 2 is 2.25 bits per heavy atom. The molecule has 0 spiro atoms. The fourth-order valence-electron chi connectivity index (χ4n) is 1.69. The highest BCUT2D eigenvalue weighted by Crippen LogP contribution is 2.16. The third-order valence-corrected chi connectivity index (χ3v) is 2.41. The predicted octanol–water partition coefficient (Wildman–Crippen LogP) is 0.891. The first kappa shape index (κ1) is 9.52. The number of hydrogen-bond donors (Lipinski definition) is 0. The molecule has 0 aromatic carbocycles. The summed E-state index contributed by atoms with van der Waals surface area (Å²) < 4.78 is 4.73. The lowest BCUT2D eigenvalue weighted by atomic mass is 10.0. The van der Waals surface area contributed by atoms with Gasteiger partial charge in [0.2, 0.25) is 0 Å². The lowest BCUT2D eigenvalue weighted by Crippen LogP contribution is -2.29. The molecule has 0 N–H and O–H groups in total. The molecule has 70 valence electrons. The summed E-state index contributed by atoms with van der Waals surface area (Å²) in [6, 6.07) is 0. The molecule has 0 aliphatic carbocycles. The number of rotatable bonds is 1. The molecular weight excluding hydrogens is 154 g/mol. The molecule has 1 fully saturated rings. The molecule has 0 aromatic rings. The molecule has 0 saturated carbocycles. The predicted molar refractivity (Wildman–Crippen MR) is 46.9 cm³/mol. The highest BCUT2D eigenvalue weighted by Gasteiger charge is 2.22. The van der Waals surface area contributed by atoms with Crippen LogP contribution in [0.1, 0.15) is 19.3 Å². The van der Waals surface area contributed by atoms with Gasteiger partial charge in [-0.1, -0.05) is 6.42 Å². The van der Waals surface area contributed by atoms with Gasteiger partial charge in [0.25, 0.3) is 0 Å². The normalized spacial score (nSPS) is 26.3. The number of hydrogen-bond acceptors (Lipinski definition) is 3. The number of carbonyl (C=O) groups excluding carboxylic acids is 1. The summed E-state index contributed by atoms with van der Waals surface area (Å²) in [5, 5.41) is 0. The van der Waals surface area contributed by atoms with Gasteiger partial charge in [0.1, 0.15) is 0 Å². The van der Waals surface area contributed by atoms with Crippen molar-refractivity contribution in [2.24, 2.45) is 5.92 Å². The van der Waals surface area contributed by atoms with Crippen molar-refractivity contribution in [2.75, 3.05) is 27.2 Å². The van der Waals surface area contributed by atoms with E-state index in [0.717, 1.165) is 25.9 Å². The number of ether oxygens (including phenoxy) is 1. The largest absolute Gasteiger partial charge is 0.469 e. The molecule has 1 rings (SSSR count). The first-order chi connectivity index (χ1) is 5.74. The molecule has 0 amide bonds. The SMILES string of the molecule is COC(=O)C1CCCCN(C)C1. The van der Waals surface area contributed by atoms with Crippen LogP contribution in [0.2, 0.25) is 0 Å². The third kappa shape index (κ3) is 2.48. The Morgan fingerprint density at radius 3 is 2.92 bits per heavy atom. The van der Waals surface area contributed by atoms with Crippen LogP contribution in [0.3, 0.4) is 0 Å². The number of methoxy groups -OCH3 is 1. The molecule has 0 aromatic heterocycles. The van der Waals surface area contributed by atoms with Gasteiger partial charge < -0.3 is 9.64 Å². The Hall–Kier alpha value is -0.570. The van der Waals surface area contributed by atoms with Gasteiger partial charge in [0.15, 0.2) is 0 Å². The van der Waals surface area contributed by atoms with E-state index in [9.17, 15) is 4.79 Å². The van der Waals surface area contributed by atoms with Gasteiger partial charge in [-0.05, 0) is 26.4 Å². The first-order valence-electron chi connectivity index (χ1n) is 4.50. The van der Waals surface area contributed by atoms with E-state index in [-0.39, 0.29) is 11.9 Å². The molecule has 1 aliphatic rings. The van der Waals surface area contributed by atoms with E-state index in [1.165, 1.54) is 13.5 Å². The molecule has 1 heterocycles. The van der Waals surface area contributed by atoms with Gasteiger partial charge in [-0.2, -0.15) is 0 Å². The zero-order valence-electron chi connectivity index (χ0n) is 7.88. The van der Waals surface area contributed by atoms with Crippen LogP contribution in [0.4, 0.5) is 0 Å². The molecule has 1 aliphatic heterocycles. The molecule has 3 nitrogen and oxygen atoms in total. The van der Waals surface area contributed by atoms with Crippen molar-refractivity contribution in [3.05, 3.63) is 0 Å². The summed E-state index contributed by atoms with van der Waals surface area (Å²) in [6.07, 6.45) is 3.32. The van der Waals surface area contributed by atoms with Crippen LogP contribution in [0.5, 0.6) is 0 Å². The van der Waals surface area contributed by atoms with Crippen LogP contribution in [0.25, 0.3) is 0 Å². The zero-order chi connectivity index (χ0) is 8.97. The second kappa shape index (κ2) is 4.45. The van der Waals surface area contributed by atoms with Crippen molar-refractivity contribution in [3.63, 3.8) is 0 Å². The Labute approximate surface area is 73.7 Å². The third-order valence-electron chi connectivity index (χ3n) is 2.41.